The summed E-state index contributed by atoms with van der Waals surface area (Å²) in [5, 5.41) is 0.771. The van der Waals surface area contributed by atoms with Gasteiger partial charge in [0.1, 0.15) is 5.75 Å². The minimum absolute atomic E-state index is 0.221. The van der Waals surface area contributed by atoms with E-state index in [4.69, 9.17) is 16.3 Å². The molecule has 0 saturated carbocycles. The number of nitrogens with zero attached hydrogens (tertiary/aromatic N) is 2. The van der Waals surface area contributed by atoms with Crippen LogP contribution in [0.4, 0.5) is 0 Å². The van der Waals surface area contributed by atoms with E-state index in [2.05, 4.69) is 11.0 Å². The monoisotopic (exact) mass is 372 g/mol. The number of carbonyl (C=O) groups excluding carboxylic acids is 1. The molecule has 0 N–H and O–H groups in total. The second kappa shape index (κ2) is 9.06. The Bertz CT molecular complexity index is 742. The van der Waals surface area contributed by atoms with Crippen molar-refractivity contribution in [3.05, 3.63) is 64.7 Å². The zero-order valence-electron chi connectivity index (χ0n) is 15.2. The number of rotatable bonds is 6. The summed E-state index contributed by atoms with van der Waals surface area (Å²) < 4.78 is 5.36. The summed E-state index contributed by atoms with van der Waals surface area (Å²) in [5.74, 6) is 1.07. The molecule has 1 fully saturated rings. The van der Waals surface area contributed by atoms with Gasteiger partial charge in [-0.05, 0) is 35.7 Å². The molecule has 0 spiro atoms. The van der Waals surface area contributed by atoms with Crippen LogP contribution in [0.1, 0.15) is 17.5 Å². The highest BCUT2D eigenvalue weighted by Crippen LogP contribution is 2.20. The molecule has 0 radical (unpaired) electrons. The SMILES string of the molecule is COc1ccccc1CCC(=O)N1CCN(Cc2cccc(Cl)c2)CC1. The van der Waals surface area contributed by atoms with Crippen molar-refractivity contribution in [3.8, 4) is 5.75 Å². The number of amides is 1. The number of halogens is 1. The minimum atomic E-state index is 0.221. The number of hydrogen-bond acceptors (Lipinski definition) is 3. The largest absolute Gasteiger partial charge is 0.496 e. The highest BCUT2D eigenvalue weighted by molar-refractivity contribution is 6.30. The lowest BCUT2D eigenvalue weighted by Crippen LogP contribution is -2.48. The lowest BCUT2D eigenvalue weighted by Gasteiger charge is -2.35. The first kappa shape index (κ1) is 18.7. The maximum Gasteiger partial charge on any atom is 0.222 e. The van der Waals surface area contributed by atoms with Crippen molar-refractivity contribution < 1.29 is 9.53 Å². The summed E-state index contributed by atoms with van der Waals surface area (Å²) in [6, 6.07) is 15.9. The molecule has 1 amide bonds. The van der Waals surface area contributed by atoms with Gasteiger partial charge in [-0.2, -0.15) is 0 Å². The van der Waals surface area contributed by atoms with Gasteiger partial charge in [0.15, 0.2) is 0 Å². The Balaban J connectivity index is 1.46. The zero-order chi connectivity index (χ0) is 18.4. The van der Waals surface area contributed by atoms with Crippen molar-refractivity contribution in [1.82, 2.24) is 9.80 Å². The van der Waals surface area contributed by atoms with Crippen LogP contribution in [0.15, 0.2) is 48.5 Å². The molecule has 2 aromatic carbocycles. The number of carbonyl (C=O) groups is 1. The van der Waals surface area contributed by atoms with E-state index in [0.29, 0.717) is 12.8 Å². The first-order valence-electron chi connectivity index (χ1n) is 9.02. The van der Waals surface area contributed by atoms with Gasteiger partial charge < -0.3 is 9.64 Å². The van der Waals surface area contributed by atoms with Crippen LogP contribution >= 0.6 is 11.6 Å². The van der Waals surface area contributed by atoms with Crippen molar-refractivity contribution in [3.63, 3.8) is 0 Å². The van der Waals surface area contributed by atoms with Gasteiger partial charge in [-0.25, -0.2) is 0 Å². The average Bonchev–Trinajstić information content (AvgIpc) is 2.67. The fourth-order valence-electron chi connectivity index (χ4n) is 3.36. The van der Waals surface area contributed by atoms with E-state index in [1.54, 1.807) is 7.11 Å². The fourth-order valence-corrected chi connectivity index (χ4v) is 3.57. The number of hydrogen-bond donors (Lipinski definition) is 0. The van der Waals surface area contributed by atoms with E-state index in [-0.39, 0.29) is 5.91 Å². The minimum Gasteiger partial charge on any atom is -0.496 e. The number of aryl methyl sites for hydroxylation is 1. The maximum absolute atomic E-state index is 12.5. The molecule has 1 saturated heterocycles. The van der Waals surface area contributed by atoms with Crippen LogP contribution in [0.3, 0.4) is 0 Å². The van der Waals surface area contributed by atoms with E-state index in [0.717, 1.165) is 49.1 Å². The highest BCUT2D eigenvalue weighted by Gasteiger charge is 2.21. The van der Waals surface area contributed by atoms with Crippen LogP contribution in [-0.4, -0.2) is 49.0 Å². The Morgan fingerprint density at radius 1 is 1.08 bits per heavy atom. The van der Waals surface area contributed by atoms with Gasteiger partial charge in [0.25, 0.3) is 0 Å². The Labute approximate surface area is 160 Å². The summed E-state index contributed by atoms with van der Waals surface area (Å²) in [4.78, 5) is 16.9. The molecule has 0 aromatic heterocycles. The van der Waals surface area contributed by atoms with Crippen LogP contribution in [0.2, 0.25) is 5.02 Å². The molecular weight excluding hydrogens is 348 g/mol. The first-order chi connectivity index (χ1) is 12.7. The van der Waals surface area contributed by atoms with Crippen molar-refractivity contribution in [1.29, 1.82) is 0 Å². The van der Waals surface area contributed by atoms with E-state index in [1.165, 1.54) is 5.56 Å². The molecule has 26 heavy (non-hydrogen) atoms. The van der Waals surface area contributed by atoms with Crippen LogP contribution in [0, 0.1) is 0 Å². The summed E-state index contributed by atoms with van der Waals surface area (Å²) in [7, 11) is 1.67. The predicted molar refractivity (Wildman–Crippen MR) is 105 cm³/mol. The molecule has 138 valence electrons. The molecule has 0 unspecified atom stereocenters. The zero-order valence-corrected chi connectivity index (χ0v) is 15.9. The number of ether oxygens (including phenoxy) is 1. The molecule has 0 atom stereocenters. The molecule has 3 rings (SSSR count). The van der Waals surface area contributed by atoms with E-state index >= 15 is 0 Å². The van der Waals surface area contributed by atoms with Crippen LogP contribution < -0.4 is 4.74 Å². The van der Waals surface area contributed by atoms with Crippen LogP contribution in [0.25, 0.3) is 0 Å². The third kappa shape index (κ3) is 4.99. The smallest absolute Gasteiger partial charge is 0.222 e. The molecule has 0 aliphatic carbocycles. The third-order valence-corrected chi connectivity index (χ3v) is 5.06. The molecule has 5 heteroatoms. The summed E-state index contributed by atoms with van der Waals surface area (Å²) in [6.45, 7) is 4.24. The topological polar surface area (TPSA) is 32.8 Å². The fraction of sp³-hybridized carbons (Fsp3) is 0.381. The Morgan fingerprint density at radius 3 is 2.58 bits per heavy atom. The van der Waals surface area contributed by atoms with Gasteiger partial charge in [-0.1, -0.05) is 41.9 Å². The second-order valence-corrected chi connectivity index (χ2v) is 7.04. The van der Waals surface area contributed by atoms with Crippen molar-refractivity contribution >= 4 is 17.5 Å². The van der Waals surface area contributed by atoms with Gasteiger partial charge in [0, 0.05) is 44.2 Å². The van der Waals surface area contributed by atoms with E-state index in [9.17, 15) is 4.79 Å². The second-order valence-electron chi connectivity index (χ2n) is 6.60. The average molecular weight is 373 g/mol. The standard InChI is InChI=1S/C21H25ClN2O2/c1-26-20-8-3-2-6-18(20)9-10-21(25)24-13-11-23(12-14-24)16-17-5-4-7-19(22)15-17/h2-8,15H,9-14,16H2,1H3. The maximum atomic E-state index is 12.5. The molecule has 1 aliphatic heterocycles. The van der Waals surface area contributed by atoms with Gasteiger partial charge in [-0.15, -0.1) is 0 Å². The van der Waals surface area contributed by atoms with E-state index < -0.39 is 0 Å². The van der Waals surface area contributed by atoms with Gasteiger partial charge >= 0.3 is 0 Å². The molecule has 0 bridgehead atoms. The van der Waals surface area contributed by atoms with Crippen molar-refractivity contribution in [2.45, 2.75) is 19.4 Å². The quantitative estimate of drug-likeness (QED) is 0.776. The number of benzene rings is 2. The Kier molecular flexibility index (Phi) is 6.53. The predicted octanol–water partition coefficient (Wildman–Crippen LogP) is 3.63. The van der Waals surface area contributed by atoms with Gasteiger partial charge in [0.05, 0.1) is 7.11 Å². The number of para-hydroxylation sites is 1. The summed E-state index contributed by atoms with van der Waals surface area (Å²) in [6.07, 6.45) is 1.24. The summed E-state index contributed by atoms with van der Waals surface area (Å²) in [5.41, 5.74) is 2.30. The molecular formula is C21H25ClN2O2. The lowest BCUT2D eigenvalue weighted by atomic mass is 10.1. The lowest BCUT2D eigenvalue weighted by molar-refractivity contribution is -0.133. The van der Waals surface area contributed by atoms with E-state index in [1.807, 2.05) is 47.4 Å². The highest BCUT2D eigenvalue weighted by atomic mass is 35.5. The van der Waals surface area contributed by atoms with Gasteiger partial charge in [-0.3, -0.25) is 9.69 Å². The first-order valence-corrected chi connectivity index (χ1v) is 9.40. The Hall–Kier alpha value is -2.04. The molecule has 1 heterocycles. The van der Waals surface area contributed by atoms with Gasteiger partial charge in [0.2, 0.25) is 5.91 Å². The molecule has 4 nitrogen and oxygen atoms in total. The van der Waals surface area contributed by atoms with Crippen LogP contribution in [-0.2, 0) is 17.8 Å². The summed E-state index contributed by atoms with van der Waals surface area (Å²) >= 11 is 6.05. The third-order valence-electron chi connectivity index (χ3n) is 4.82. The van der Waals surface area contributed by atoms with Crippen molar-refractivity contribution in [2.24, 2.45) is 0 Å². The van der Waals surface area contributed by atoms with Crippen molar-refractivity contribution in [2.75, 3.05) is 33.3 Å². The Morgan fingerprint density at radius 2 is 1.85 bits per heavy atom. The molecule has 2 aromatic rings. The molecule has 1 aliphatic rings. The number of methoxy groups -OCH3 is 1. The normalized spacial score (nSPS) is 15.1. The van der Waals surface area contributed by atoms with Crippen LogP contribution in [0.5, 0.6) is 5.75 Å². The number of piperazine rings is 1.